The standard InChI is InChI=1S/C18H21N5O/c1-3-16(14-10-20-23(4-2)12-14)21-18(24)15-11-19-22-17(15)13-8-6-5-7-9-13/h5-12,16H,3-4H2,1-2H3,(H,19,22)(H,21,24)/t16-/m0/s1. The number of rotatable bonds is 6. The lowest BCUT2D eigenvalue weighted by molar-refractivity contribution is 0.0936. The van der Waals surface area contributed by atoms with Crippen molar-refractivity contribution >= 4 is 5.91 Å². The summed E-state index contributed by atoms with van der Waals surface area (Å²) in [6.45, 7) is 4.89. The molecule has 1 atom stereocenters. The monoisotopic (exact) mass is 323 g/mol. The van der Waals surface area contributed by atoms with Gasteiger partial charge in [-0.15, -0.1) is 0 Å². The van der Waals surface area contributed by atoms with Crippen LogP contribution in [0.15, 0.2) is 48.9 Å². The summed E-state index contributed by atoms with van der Waals surface area (Å²) >= 11 is 0. The average molecular weight is 323 g/mol. The van der Waals surface area contributed by atoms with Crippen LogP contribution < -0.4 is 5.32 Å². The van der Waals surface area contributed by atoms with Crippen molar-refractivity contribution in [3.8, 4) is 11.3 Å². The minimum atomic E-state index is -0.140. The Morgan fingerprint density at radius 2 is 2.04 bits per heavy atom. The van der Waals surface area contributed by atoms with Gasteiger partial charge in [-0.25, -0.2) is 0 Å². The summed E-state index contributed by atoms with van der Waals surface area (Å²) in [6, 6.07) is 9.64. The first-order valence-corrected chi connectivity index (χ1v) is 8.15. The van der Waals surface area contributed by atoms with Crippen LogP contribution >= 0.6 is 0 Å². The topological polar surface area (TPSA) is 75.6 Å². The molecular weight excluding hydrogens is 302 g/mol. The molecule has 2 heterocycles. The summed E-state index contributed by atoms with van der Waals surface area (Å²) in [5.41, 5.74) is 3.22. The molecule has 6 nitrogen and oxygen atoms in total. The van der Waals surface area contributed by atoms with Gasteiger partial charge in [0.2, 0.25) is 0 Å². The van der Waals surface area contributed by atoms with E-state index in [9.17, 15) is 4.79 Å². The number of H-pyrrole nitrogens is 1. The molecule has 0 aliphatic carbocycles. The Bertz CT molecular complexity index is 806. The fourth-order valence-electron chi connectivity index (χ4n) is 2.67. The Balaban J connectivity index is 1.81. The van der Waals surface area contributed by atoms with Crippen molar-refractivity contribution in [1.29, 1.82) is 0 Å². The number of hydrogen-bond donors (Lipinski definition) is 2. The van der Waals surface area contributed by atoms with Gasteiger partial charge in [0.05, 0.1) is 29.7 Å². The summed E-state index contributed by atoms with van der Waals surface area (Å²) in [4.78, 5) is 12.7. The molecule has 0 fully saturated rings. The van der Waals surface area contributed by atoms with Gasteiger partial charge >= 0.3 is 0 Å². The SMILES string of the molecule is CC[C@H](NC(=O)c1cn[nH]c1-c1ccccc1)c1cnn(CC)c1. The number of aromatic amines is 1. The molecule has 0 aliphatic rings. The van der Waals surface area contributed by atoms with Crippen molar-refractivity contribution in [2.45, 2.75) is 32.9 Å². The molecule has 1 amide bonds. The molecule has 0 bridgehead atoms. The van der Waals surface area contributed by atoms with E-state index in [-0.39, 0.29) is 11.9 Å². The Labute approximate surface area is 140 Å². The number of amides is 1. The zero-order valence-corrected chi connectivity index (χ0v) is 13.9. The molecule has 24 heavy (non-hydrogen) atoms. The first-order valence-electron chi connectivity index (χ1n) is 8.15. The maximum Gasteiger partial charge on any atom is 0.255 e. The van der Waals surface area contributed by atoms with Crippen molar-refractivity contribution < 1.29 is 4.79 Å². The molecule has 2 aromatic heterocycles. The third kappa shape index (κ3) is 3.22. The number of benzene rings is 1. The Kier molecular flexibility index (Phi) is 4.74. The number of carbonyl (C=O) groups excluding carboxylic acids is 1. The summed E-state index contributed by atoms with van der Waals surface area (Å²) in [5, 5.41) is 14.3. The van der Waals surface area contributed by atoms with Crippen molar-refractivity contribution in [2.75, 3.05) is 0 Å². The first kappa shape index (κ1) is 16.0. The van der Waals surface area contributed by atoms with Gasteiger partial charge in [-0.2, -0.15) is 10.2 Å². The van der Waals surface area contributed by atoms with Gasteiger partial charge < -0.3 is 5.32 Å². The number of hydrogen-bond acceptors (Lipinski definition) is 3. The summed E-state index contributed by atoms with van der Waals surface area (Å²) in [6.07, 6.45) is 6.15. The molecule has 2 N–H and O–H groups in total. The second kappa shape index (κ2) is 7.12. The molecule has 0 aliphatic heterocycles. The first-order chi connectivity index (χ1) is 11.7. The molecule has 0 radical (unpaired) electrons. The van der Waals surface area contributed by atoms with Crippen LogP contribution in [0.4, 0.5) is 0 Å². The van der Waals surface area contributed by atoms with Gasteiger partial charge in [-0.3, -0.25) is 14.6 Å². The molecule has 3 rings (SSSR count). The number of nitrogens with one attached hydrogen (secondary N) is 2. The molecule has 6 heteroatoms. The van der Waals surface area contributed by atoms with Gasteiger partial charge in [0, 0.05) is 23.9 Å². The predicted octanol–water partition coefficient (Wildman–Crippen LogP) is 3.17. The smallest absolute Gasteiger partial charge is 0.255 e. The second-order valence-corrected chi connectivity index (χ2v) is 5.59. The molecule has 0 spiro atoms. The fraction of sp³-hybridized carbons (Fsp3) is 0.278. The number of aromatic nitrogens is 4. The highest BCUT2D eigenvalue weighted by Crippen LogP contribution is 2.22. The highest BCUT2D eigenvalue weighted by molar-refractivity contribution is 5.99. The molecule has 0 saturated heterocycles. The van der Waals surface area contributed by atoms with E-state index >= 15 is 0 Å². The van der Waals surface area contributed by atoms with Crippen molar-refractivity contribution in [1.82, 2.24) is 25.3 Å². The van der Waals surface area contributed by atoms with Crippen LogP contribution in [0.3, 0.4) is 0 Å². The minimum absolute atomic E-state index is 0.0728. The number of carbonyl (C=O) groups is 1. The van der Waals surface area contributed by atoms with Crippen molar-refractivity contribution in [3.63, 3.8) is 0 Å². The summed E-state index contributed by atoms with van der Waals surface area (Å²) in [7, 11) is 0. The van der Waals surface area contributed by atoms with Crippen LogP contribution in [0.2, 0.25) is 0 Å². The van der Waals surface area contributed by atoms with Crippen LogP contribution in [0, 0.1) is 0 Å². The van der Waals surface area contributed by atoms with Crippen LogP contribution in [0.1, 0.15) is 42.2 Å². The zero-order chi connectivity index (χ0) is 16.9. The maximum atomic E-state index is 12.7. The van der Waals surface area contributed by atoms with E-state index in [0.29, 0.717) is 5.56 Å². The van der Waals surface area contributed by atoms with Gasteiger partial charge in [-0.1, -0.05) is 37.3 Å². The third-order valence-electron chi connectivity index (χ3n) is 4.04. The fourth-order valence-corrected chi connectivity index (χ4v) is 2.67. The van der Waals surface area contributed by atoms with E-state index in [2.05, 4.69) is 20.6 Å². The highest BCUT2D eigenvalue weighted by atomic mass is 16.1. The average Bonchev–Trinajstić information content (AvgIpc) is 3.29. The summed E-state index contributed by atoms with van der Waals surface area (Å²) in [5.74, 6) is -0.140. The van der Waals surface area contributed by atoms with E-state index in [1.54, 1.807) is 6.20 Å². The van der Waals surface area contributed by atoms with E-state index in [4.69, 9.17) is 0 Å². The Hall–Kier alpha value is -2.89. The van der Waals surface area contributed by atoms with Crippen LogP contribution in [0.5, 0.6) is 0 Å². The second-order valence-electron chi connectivity index (χ2n) is 5.59. The van der Waals surface area contributed by atoms with Crippen molar-refractivity contribution in [3.05, 3.63) is 60.0 Å². The lowest BCUT2D eigenvalue weighted by Crippen LogP contribution is -2.28. The summed E-state index contributed by atoms with van der Waals surface area (Å²) < 4.78 is 1.86. The van der Waals surface area contributed by atoms with E-state index < -0.39 is 0 Å². The van der Waals surface area contributed by atoms with Gasteiger partial charge in [0.1, 0.15) is 0 Å². The van der Waals surface area contributed by atoms with Gasteiger partial charge in [-0.05, 0) is 13.3 Å². The van der Waals surface area contributed by atoms with Gasteiger partial charge in [0.15, 0.2) is 0 Å². The highest BCUT2D eigenvalue weighted by Gasteiger charge is 2.19. The van der Waals surface area contributed by atoms with Crippen molar-refractivity contribution in [2.24, 2.45) is 0 Å². The Morgan fingerprint density at radius 1 is 1.25 bits per heavy atom. The molecular formula is C18H21N5O. The largest absolute Gasteiger partial charge is 0.345 e. The van der Waals surface area contributed by atoms with Crippen LogP contribution in [-0.4, -0.2) is 25.9 Å². The lowest BCUT2D eigenvalue weighted by Gasteiger charge is -2.15. The predicted molar refractivity (Wildman–Crippen MR) is 92.4 cm³/mol. The normalized spacial score (nSPS) is 12.1. The van der Waals surface area contributed by atoms with E-state index in [1.807, 2.05) is 61.3 Å². The lowest BCUT2D eigenvalue weighted by atomic mass is 10.1. The quantitative estimate of drug-likeness (QED) is 0.731. The number of aryl methyl sites for hydroxylation is 1. The molecule has 3 aromatic rings. The van der Waals surface area contributed by atoms with Gasteiger partial charge in [0.25, 0.3) is 5.91 Å². The molecule has 0 saturated carbocycles. The van der Waals surface area contributed by atoms with Crippen LogP contribution in [-0.2, 0) is 6.54 Å². The minimum Gasteiger partial charge on any atom is -0.345 e. The number of nitrogens with zero attached hydrogens (tertiary/aromatic N) is 3. The molecule has 0 unspecified atom stereocenters. The maximum absolute atomic E-state index is 12.7. The Morgan fingerprint density at radius 3 is 2.71 bits per heavy atom. The van der Waals surface area contributed by atoms with E-state index in [0.717, 1.165) is 29.8 Å². The van der Waals surface area contributed by atoms with E-state index in [1.165, 1.54) is 0 Å². The molecule has 1 aromatic carbocycles. The van der Waals surface area contributed by atoms with Crippen LogP contribution in [0.25, 0.3) is 11.3 Å². The molecule has 124 valence electrons. The third-order valence-corrected chi connectivity index (χ3v) is 4.04. The zero-order valence-electron chi connectivity index (χ0n) is 13.9.